The van der Waals surface area contributed by atoms with Gasteiger partial charge in [-0.1, -0.05) is 91.0 Å². The van der Waals surface area contributed by atoms with Crippen molar-refractivity contribution in [2.45, 2.75) is 11.0 Å². The van der Waals surface area contributed by atoms with Crippen LogP contribution in [0.1, 0.15) is 37.9 Å². The molecule has 5 aromatic carbocycles. The van der Waals surface area contributed by atoms with Crippen LogP contribution in [0.4, 0.5) is 11.4 Å². The molecule has 0 fully saturated rings. The second-order valence-electron chi connectivity index (χ2n) is 11.4. The van der Waals surface area contributed by atoms with Crippen LogP contribution in [0.25, 0.3) is 11.1 Å². The van der Waals surface area contributed by atoms with Gasteiger partial charge in [0.15, 0.2) is 0 Å². The van der Waals surface area contributed by atoms with Gasteiger partial charge in [-0.3, -0.25) is 24.5 Å². The van der Waals surface area contributed by atoms with Gasteiger partial charge in [-0.05, 0) is 35.4 Å². The van der Waals surface area contributed by atoms with E-state index in [4.69, 9.17) is 9.88 Å². The fraction of sp³-hybridized carbons (Fsp3) is 0.0541. The van der Waals surface area contributed by atoms with Gasteiger partial charge in [0.1, 0.15) is 12.0 Å². The number of hydrazone groups is 1. The van der Waals surface area contributed by atoms with E-state index in [1.54, 1.807) is 72.8 Å². The number of rotatable bonds is 11. The van der Waals surface area contributed by atoms with Gasteiger partial charge in [0.05, 0.1) is 26.7 Å². The number of nitrogens with two attached hydrogens (primary N) is 1. The molecule has 0 aromatic heterocycles. The summed E-state index contributed by atoms with van der Waals surface area (Å²) in [7, 11) is -4.36. The van der Waals surface area contributed by atoms with Crippen LogP contribution in [0.2, 0.25) is 0 Å². The van der Waals surface area contributed by atoms with Gasteiger partial charge in [-0.15, -0.1) is 0 Å². The third-order valence-corrected chi connectivity index (χ3v) is 9.11. The molecule has 260 valence electrons. The van der Waals surface area contributed by atoms with Gasteiger partial charge in [-0.25, -0.2) is 23.8 Å². The fourth-order valence-electron chi connectivity index (χ4n) is 5.80. The number of hydrogen-bond acceptors (Lipinski definition) is 10. The molecule has 2 amide bonds. The lowest BCUT2D eigenvalue weighted by atomic mass is 9.82. The molecule has 6 rings (SSSR count). The highest BCUT2D eigenvalue weighted by atomic mass is 32.2. The molecule has 52 heavy (non-hydrogen) atoms. The maximum Gasteiger partial charge on any atom is 0.339 e. The van der Waals surface area contributed by atoms with Crippen LogP contribution < -0.4 is 15.9 Å². The van der Waals surface area contributed by atoms with Crippen LogP contribution in [0.3, 0.4) is 0 Å². The van der Waals surface area contributed by atoms with Crippen molar-refractivity contribution in [2.75, 3.05) is 5.32 Å². The number of amides is 2. The predicted octanol–water partition coefficient (Wildman–Crippen LogP) is 4.78. The van der Waals surface area contributed by atoms with Crippen LogP contribution in [-0.2, 0) is 24.3 Å². The third-order valence-electron chi connectivity index (χ3n) is 8.14. The number of esters is 1. The number of primary sulfonamides is 1. The summed E-state index contributed by atoms with van der Waals surface area (Å²) in [5, 5.41) is 23.5. The van der Waals surface area contributed by atoms with Crippen LogP contribution in [0.15, 0.2) is 137 Å². The Morgan fingerprint density at radius 2 is 1.44 bits per heavy atom. The molecule has 15 heteroatoms. The minimum absolute atomic E-state index is 0.0637. The Morgan fingerprint density at radius 3 is 2.15 bits per heavy atom. The molecule has 0 saturated heterocycles. The zero-order valence-corrected chi connectivity index (χ0v) is 27.6. The summed E-state index contributed by atoms with van der Waals surface area (Å²) < 4.78 is 30.4. The van der Waals surface area contributed by atoms with Crippen molar-refractivity contribution in [2.24, 2.45) is 16.2 Å². The molecule has 0 aliphatic carbocycles. The number of nitro benzene ring substituents is 1. The number of nitrogens with zero attached hydrogens (tertiary/aromatic N) is 2. The molecule has 2 atom stereocenters. The van der Waals surface area contributed by atoms with Crippen molar-refractivity contribution in [3.63, 3.8) is 0 Å². The van der Waals surface area contributed by atoms with Crippen molar-refractivity contribution in [1.29, 1.82) is 0 Å². The first-order chi connectivity index (χ1) is 24.9. The summed E-state index contributed by atoms with van der Waals surface area (Å²) >= 11 is 0. The minimum atomic E-state index is -4.36. The van der Waals surface area contributed by atoms with Crippen LogP contribution in [0, 0.1) is 16.0 Å². The highest BCUT2D eigenvalue weighted by Crippen LogP contribution is 2.40. The highest BCUT2D eigenvalue weighted by molar-refractivity contribution is 7.89. The molecule has 0 bridgehead atoms. The molecular weight excluding hydrogens is 691 g/mol. The molecule has 1 heterocycles. The molecule has 2 unspecified atom stereocenters. The lowest BCUT2D eigenvalue weighted by molar-refractivity contribution is -0.384. The number of non-ortho nitro benzene ring substituents is 1. The summed E-state index contributed by atoms with van der Waals surface area (Å²) in [4.78, 5) is 65.2. The Morgan fingerprint density at radius 1 is 0.808 bits per heavy atom. The number of cyclic esters (lactones) is 1. The second kappa shape index (κ2) is 14.6. The average molecular weight is 718 g/mol. The fourth-order valence-corrected chi connectivity index (χ4v) is 6.54. The molecule has 1 aliphatic heterocycles. The molecule has 0 spiro atoms. The largest absolute Gasteiger partial charge is 0.453 e. The number of hydrogen-bond donors (Lipinski definition) is 3. The van der Waals surface area contributed by atoms with Crippen molar-refractivity contribution in [3.05, 3.63) is 160 Å². The first kappa shape index (κ1) is 35.0. The number of ether oxygens (including phenoxy) is 1. The average Bonchev–Trinajstić information content (AvgIpc) is 3.48. The molecule has 4 N–H and O–H groups in total. The van der Waals surface area contributed by atoms with E-state index < -0.39 is 55.4 Å². The number of sulfonamides is 1. The Labute approximate surface area is 296 Å². The summed E-state index contributed by atoms with van der Waals surface area (Å²) in [6.07, 6.45) is -1.44. The van der Waals surface area contributed by atoms with Gasteiger partial charge in [0.2, 0.25) is 15.8 Å². The summed E-state index contributed by atoms with van der Waals surface area (Å²) in [5.41, 5.74) is 3.13. The highest BCUT2D eigenvalue weighted by Gasteiger charge is 2.46. The molecular formula is C37H27N5O9S. The van der Waals surface area contributed by atoms with Gasteiger partial charge in [0.25, 0.3) is 17.5 Å². The first-order valence-corrected chi connectivity index (χ1v) is 17.0. The molecule has 14 nitrogen and oxygen atoms in total. The van der Waals surface area contributed by atoms with E-state index in [-0.39, 0.29) is 39.3 Å². The lowest BCUT2D eigenvalue weighted by Crippen LogP contribution is -2.40. The van der Waals surface area contributed by atoms with E-state index in [9.17, 15) is 37.7 Å². The van der Waals surface area contributed by atoms with E-state index in [1.807, 2.05) is 0 Å². The first-order valence-electron chi connectivity index (χ1n) is 15.5. The van der Waals surface area contributed by atoms with Crippen molar-refractivity contribution in [1.82, 2.24) is 5.43 Å². The summed E-state index contributed by atoms with van der Waals surface area (Å²) in [5.74, 6) is -5.94. The smallest absolute Gasteiger partial charge is 0.339 e. The second-order valence-corrected chi connectivity index (χ2v) is 12.9. The number of ketones is 1. The van der Waals surface area contributed by atoms with Gasteiger partial charge in [-0.2, -0.15) is 5.10 Å². The lowest BCUT2D eigenvalue weighted by Gasteiger charge is -2.25. The summed E-state index contributed by atoms with van der Waals surface area (Å²) in [6.45, 7) is 0. The number of fused-ring (bicyclic) bond motifs is 1. The van der Waals surface area contributed by atoms with E-state index in [0.29, 0.717) is 11.1 Å². The Hall–Kier alpha value is -6.84. The Balaban J connectivity index is 1.54. The molecule has 0 radical (unpaired) electrons. The Bertz CT molecular complexity index is 2400. The van der Waals surface area contributed by atoms with Crippen LogP contribution in [-0.4, -0.2) is 42.6 Å². The third kappa shape index (κ3) is 7.21. The topological polar surface area (TPSA) is 217 Å². The monoisotopic (exact) mass is 717 g/mol. The number of carbonyl (C=O) groups excluding carboxylic acids is 4. The van der Waals surface area contributed by atoms with Crippen molar-refractivity contribution < 1.29 is 37.3 Å². The maximum absolute atomic E-state index is 14.5. The van der Waals surface area contributed by atoms with Gasteiger partial charge in [0, 0.05) is 28.9 Å². The standard InChI is InChI=1S/C37H27N5O9S/c38-52(49,50)30-20-9-8-19-29(30)35(44)41-40-32(26-16-5-4-15-25(26)22-11-2-1-3-12-22)31(34-27-17-6-7-18-28(27)37(46)51-34)33(43)36(45)39-23-13-10-14-24(21-23)42(47)48/h1-21,31,34H,(H,39,45)(H,41,44)(H2,38,49,50)/b40-32+. The quantitative estimate of drug-likeness (QED) is 0.0562. The normalized spacial score (nSPS) is 14.4. The predicted molar refractivity (Wildman–Crippen MR) is 189 cm³/mol. The minimum Gasteiger partial charge on any atom is -0.453 e. The number of anilines is 1. The maximum atomic E-state index is 14.5. The summed E-state index contributed by atoms with van der Waals surface area (Å²) in [6, 6.07) is 31.9. The number of nitro groups is 1. The van der Waals surface area contributed by atoms with E-state index in [1.165, 1.54) is 42.5 Å². The SMILES string of the molecule is NS(=O)(=O)c1ccccc1C(=O)N/N=C(\c1ccccc1-c1ccccc1)C(C(=O)C(=O)Nc1cccc([N+](=O)[O-])c1)C1OC(=O)c2ccccc21. The molecule has 1 aliphatic rings. The Kier molecular flexibility index (Phi) is 9.80. The zero-order chi connectivity index (χ0) is 37.0. The number of carbonyl (C=O) groups is 4. The van der Waals surface area contributed by atoms with E-state index in [0.717, 1.165) is 12.1 Å². The van der Waals surface area contributed by atoms with E-state index in [2.05, 4.69) is 15.8 Å². The van der Waals surface area contributed by atoms with Crippen molar-refractivity contribution in [3.8, 4) is 11.1 Å². The van der Waals surface area contributed by atoms with Crippen molar-refractivity contribution >= 4 is 50.7 Å². The van der Waals surface area contributed by atoms with E-state index >= 15 is 0 Å². The zero-order valence-electron chi connectivity index (χ0n) is 26.8. The molecule has 5 aromatic rings. The van der Waals surface area contributed by atoms with Gasteiger partial charge < -0.3 is 10.1 Å². The number of benzene rings is 5. The van der Waals surface area contributed by atoms with Crippen LogP contribution >= 0.6 is 0 Å². The molecule has 0 saturated carbocycles. The number of nitrogens with one attached hydrogen (secondary N) is 2. The van der Waals surface area contributed by atoms with Crippen LogP contribution in [0.5, 0.6) is 0 Å². The number of Topliss-reactive ketones (excluding diaryl/α,β-unsaturated/α-hetero) is 1. The van der Waals surface area contributed by atoms with Gasteiger partial charge >= 0.3 is 5.97 Å².